The Balaban J connectivity index is 2.06. The summed E-state index contributed by atoms with van der Waals surface area (Å²) >= 11 is 0. The molecule has 1 rings (SSSR count). The SMILES string of the molecule is CN(CCNCCS(C)(=O)=O)Cc1ccoc1. The van der Waals surface area contributed by atoms with Gasteiger partial charge in [-0.05, 0) is 13.1 Å². The first-order chi connectivity index (χ1) is 7.97. The summed E-state index contributed by atoms with van der Waals surface area (Å²) in [5.74, 6) is 0.193. The first-order valence-corrected chi connectivity index (χ1v) is 7.61. The van der Waals surface area contributed by atoms with E-state index in [0.29, 0.717) is 6.54 Å². The average molecular weight is 260 g/mol. The van der Waals surface area contributed by atoms with E-state index in [-0.39, 0.29) is 5.75 Å². The standard InChI is InChI=1S/C11H20N2O3S/c1-13(9-11-3-7-16-10-11)6-4-12-5-8-17(2,14)15/h3,7,10,12H,4-6,8-9H2,1-2H3. The average Bonchev–Trinajstić information content (AvgIpc) is 2.68. The molecule has 0 aliphatic rings. The molecule has 0 saturated carbocycles. The highest BCUT2D eigenvalue weighted by Gasteiger charge is 2.02. The summed E-state index contributed by atoms with van der Waals surface area (Å²) < 4.78 is 26.7. The van der Waals surface area contributed by atoms with Crippen LogP contribution in [-0.2, 0) is 16.4 Å². The van der Waals surface area contributed by atoms with E-state index in [1.807, 2.05) is 13.1 Å². The number of hydrogen-bond acceptors (Lipinski definition) is 5. The Morgan fingerprint density at radius 3 is 2.76 bits per heavy atom. The predicted octanol–water partition coefficient (Wildman–Crippen LogP) is 0.346. The van der Waals surface area contributed by atoms with Gasteiger partial charge in [0, 0.05) is 38.0 Å². The van der Waals surface area contributed by atoms with Crippen LogP contribution in [0, 0.1) is 0 Å². The van der Waals surface area contributed by atoms with Gasteiger partial charge in [-0.2, -0.15) is 0 Å². The lowest BCUT2D eigenvalue weighted by Crippen LogP contribution is -2.31. The minimum Gasteiger partial charge on any atom is -0.472 e. The number of nitrogens with zero attached hydrogens (tertiary/aromatic N) is 1. The highest BCUT2D eigenvalue weighted by Crippen LogP contribution is 2.02. The summed E-state index contributed by atoms with van der Waals surface area (Å²) in [5.41, 5.74) is 1.14. The van der Waals surface area contributed by atoms with Crippen molar-refractivity contribution in [3.8, 4) is 0 Å². The van der Waals surface area contributed by atoms with Crippen LogP contribution in [0.1, 0.15) is 5.56 Å². The van der Waals surface area contributed by atoms with Crippen molar-refractivity contribution in [3.05, 3.63) is 24.2 Å². The maximum atomic E-state index is 10.9. The third-order valence-corrected chi connectivity index (χ3v) is 3.30. The van der Waals surface area contributed by atoms with Crippen LogP contribution in [0.15, 0.2) is 23.0 Å². The number of furan rings is 1. The zero-order chi connectivity index (χ0) is 12.7. The van der Waals surface area contributed by atoms with Crippen LogP contribution in [0.3, 0.4) is 0 Å². The monoisotopic (exact) mass is 260 g/mol. The van der Waals surface area contributed by atoms with E-state index in [1.165, 1.54) is 6.26 Å². The summed E-state index contributed by atoms with van der Waals surface area (Å²) in [6.07, 6.45) is 4.64. The molecule has 0 aromatic carbocycles. The second kappa shape index (κ2) is 6.78. The van der Waals surface area contributed by atoms with Gasteiger partial charge in [0.05, 0.1) is 18.3 Å². The number of nitrogens with one attached hydrogen (secondary N) is 1. The molecule has 1 aromatic rings. The summed E-state index contributed by atoms with van der Waals surface area (Å²) in [6, 6.07) is 1.94. The van der Waals surface area contributed by atoms with Gasteiger partial charge in [-0.1, -0.05) is 0 Å². The molecule has 0 spiro atoms. The largest absolute Gasteiger partial charge is 0.472 e. The normalized spacial score (nSPS) is 12.2. The van der Waals surface area contributed by atoms with Crippen molar-refractivity contribution in [2.45, 2.75) is 6.54 Å². The molecule has 98 valence electrons. The van der Waals surface area contributed by atoms with E-state index < -0.39 is 9.84 Å². The molecule has 0 fully saturated rings. The van der Waals surface area contributed by atoms with Gasteiger partial charge in [-0.3, -0.25) is 0 Å². The first kappa shape index (κ1) is 14.2. The fourth-order valence-electron chi connectivity index (χ4n) is 1.43. The van der Waals surface area contributed by atoms with Crippen molar-refractivity contribution in [2.24, 2.45) is 0 Å². The molecule has 5 nitrogen and oxygen atoms in total. The first-order valence-electron chi connectivity index (χ1n) is 5.55. The minimum absolute atomic E-state index is 0.193. The van der Waals surface area contributed by atoms with Gasteiger partial charge in [-0.15, -0.1) is 0 Å². The summed E-state index contributed by atoms with van der Waals surface area (Å²) in [6.45, 7) is 3.00. The third kappa shape index (κ3) is 7.14. The number of likely N-dealkylation sites (N-methyl/N-ethyl adjacent to an activating group) is 1. The maximum Gasteiger partial charge on any atom is 0.148 e. The summed E-state index contributed by atoms with van der Waals surface area (Å²) in [5, 5.41) is 3.11. The molecule has 6 heteroatoms. The minimum atomic E-state index is -2.85. The molecule has 17 heavy (non-hydrogen) atoms. The molecular weight excluding hydrogens is 240 g/mol. The third-order valence-electron chi connectivity index (χ3n) is 2.35. The van der Waals surface area contributed by atoms with Crippen LogP contribution in [0.2, 0.25) is 0 Å². The Labute approximate surface area is 103 Å². The molecule has 0 bridgehead atoms. The topological polar surface area (TPSA) is 62.6 Å². The molecule has 0 unspecified atom stereocenters. The fraction of sp³-hybridized carbons (Fsp3) is 0.636. The van der Waals surface area contributed by atoms with E-state index in [0.717, 1.165) is 25.2 Å². The van der Waals surface area contributed by atoms with Gasteiger partial charge in [-0.25, -0.2) is 8.42 Å². The fourth-order valence-corrected chi connectivity index (χ4v) is 1.94. The van der Waals surface area contributed by atoms with Crippen LogP contribution in [0.5, 0.6) is 0 Å². The Bertz CT molecular complexity index is 400. The van der Waals surface area contributed by atoms with Gasteiger partial charge in [0.15, 0.2) is 0 Å². The Morgan fingerprint density at radius 1 is 1.41 bits per heavy atom. The second-order valence-corrected chi connectivity index (χ2v) is 6.51. The van der Waals surface area contributed by atoms with Gasteiger partial charge in [0.1, 0.15) is 9.84 Å². The predicted molar refractivity (Wildman–Crippen MR) is 67.6 cm³/mol. The lowest BCUT2D eigenvalue weighted by Gasteiger charge is -2.15. The van der Waals surface area contributed by atoms with Gasteiger partial charge in [0.25, 0.3) is 0 Å². The van der Waals surface area contributed by atoms with Crippen LogP contribution >= 0.6 is 0 Å². The smallest absolute Gasteiger partial charge is 0.148 e. The lowest BCUT2D eigenvalue weighted by molar-refractivity contribution is 0.324. The maximum absolute atomic E-state index is 10.9. The van der Waals surface area contributed by atoms with Gasteiger partial charge in [0.2, 0.25) is 0 Å². The highest BCUT2D eigenvalue weighted by atomic mass is 32.2. The van der Waals surface area contributed by atoms with E-state index in [9.17, 15) is 8.42 Å². The molecule has 0 amide bonds. The molecule has 0 aliphatic heterocycles. The van der Waals surface area contributed by atoms with Crippen molar-refractivity contribution >= 4 is 9.84 Å². The van der Waals surface area contributed by atoms with E-state index in [1.54, 1.807) is 12.5 Å². The molecule has 0 aliphatic carbocycles. The second-order valence-electron chi connectivity index (χ2n) is 4.25. The van der Waals surface area contributed by atoms with Crippen molar-refractivity contribution in [2.75, 3.05) is 38.7 Å². The number of sulfone groups is 1. The molecule has 1 N–H and O–H groups in total. The Kier molecular flexibility index (Phi) is 5.67. The molecule has 0 atom stereocenters. The van der Waals surface area contributed by atoms with Gasteiger partial charge < -0.3 is 14.6 Å². The van der Waals surface area contributed by atoms with Crippen LogP contribution in [0.25, 0.3) is 0 Å². The lowest BCUT2D eigenvalue weighted by atomic mass is 10.3. The van der Waals surface area contributed by atoms with E-state index >= 15 is 0 Å². The van der Waals surface area contributed by atoms with Crippen molar-refractivity contribution in [1.29, 1.82) is 0 Å². The van der Waals surface area contributed by atoms with Crippen molar-refractivity contribution in [1.82, 2.24) is 10.2 Å². The molecule has 1 aromatic heterocycles. The van der Waals surface area contributed by atoms with E-state index in [4.69, 9.17) is 4.42 Å². The number of rotatable bonds is 8. The number of hydrogen-bond donors (Lipinski definition) is 1. The Hall–Kier alpha value is -0.850. The zero-order valence-electron chi connectivity index (χ0n) is 10.3. The van der Waals surface area contributed by atoms with Crippen LogP contribution in [-0.4, -0.2) is 52.0 Å². The molecule has 1 heterocycles. The molecule has 0 radical (unpaired) electrons. The zero-order valence-corrected chi connectivity index (χ0v) is 11.2. The molecular formula is C11H20N2O3S. The van der Waals surface area contributed by atoms with E-state index in [2.05, 4.69) is 10.2 Å². The molecule has 0 saturated heterocycles. The van der Waals surface area contributed by atoms with Crippen LogP contribution < -0.4 is 5.32 Å². The van der Waals surface area contributed by atoms with Crippen molar-refractivity contribution in [3.63, 3.8) is 0 Å². The van der Waals surface area contributed by atoms with Gasteiger partial charge >= 0.3 is 0 Å². The van der Waals surface area contributed by atoms with Crippen molar-refractivity contribution < 1.29 is 12.8 Å². The Morgan fingerprint density at radius 2 is 2.18 bits per heavy atom. The highest BCUT2D eigenvalue weighted by molar-refractivity contribution is 7.90. The summed E-state index contributed by atoms with van der Waals surface area (Å²) in [4.78, 5) is 2.15. The summed E-state index contributed by atoms with van der Waals surface area (Å²) in [7, 11) is -0.835. The van der Waals surface area contributed by atoms with Crippen LogP contribution in [0.4, 0.5) is 0 Å². The quantitative estimate of drug-likeness (QED) is 0.683.